The second-order valence-electron chi connectivity index (χ2n) is 4.06. The van der Waals surface area contributed by atoms with Crippen molar-refractivity contribution >= 4 is 23.2 Å². The molecule has 0 radical (unpaired) electrons. The highest BCUT2D eigenvalue weighted by molar-refractivity contribution is 6.32. The van der Waals surface area contributed by atoms with E-state index in [2.05, 4.69) is 0 Å². The Labute approximate surface area is 123 Å². The van der Waals surface area contributed by atoms with Crippen LogP contribution in [0.5, 0.6) is 5.75 Å². The van der Waals surface area contributed by atoms with Crippen molar-refractivity contribution in [1.82, 2.24) is 0 Å². The van der Waals surface area contributed by atoms with Crippen LogP contribution in [0, 0.1) is 17.5 Å². The normalized spacial score (nSPS) is 12.3. The van der Waals surface area contributed by atoms with Crippen molar-refractivity contribution in [2.45, 2.75) is 5.38 Å². The molecule has 106 valence electrons. The van der Waals surface area contributed by atoms with Crippen LogP contribution in [0.1, 0.15) is 16.5 Å². The zero-order valence-electron chi connectivity index (χ0n) is 10.3. The Hall–Kier alpha value is -1.39. The summed E-state index contributed by atoms with van der Waals surface area (Å²) < 4.78 is 44.3. The summed E-state index contributed by atoms with van der Waals surface area (Å²) in [5.74, 6) is -3.64. The molecule has 0 saturated carbocycles. The molecule has 1 atom stereocenters. The Balaban J connectivity index is 2.41. The van der Waals surface area contributed by atoms with Gasteiger partial charge in [-0.2, -0.15) is 0 Å². The first-order valence-corrected chi connectivity index (χ1v) is 6.37. The molecule has 6 heteroatoms. The first-order valence-electron chi connectivity index (χ1n) is 5.56. The maximum Gasteiger partial charge on any atom is 0.194 e. The maximum atomic E-state index is 13.2. The molecule has 2 aromatic rings. The molecular formula is C14H9Cl2F3O. The van der Waals surface area contributed by atoms with Gasteiger partial charge < -0.3 is 4.74 Å². The largest absolute Gasteiger partial charge is 0.495 e. The molecule has 0 aliphatic heterocycles. The van der Waals surface area contributed by atoms with E-state index in [1.807, 2.05) is 0 Å². The van der Waals surface area contributed by atoms with Gasteiger partial charge in [0.15, 0.2) is 17.5 Å². The molecule has 0 bridgehead atoms. The Bertz CT molecular complexity index is 623. The van der Waals surface area contributed by atoms with Crippen LogP contribution in [0.4, 0.5) is 13.2 Å². The van der Waals surface area contributed by atoms with Crippen molar-refractivity contribution in [2.24, 2.45) is 0 Å². The van der Waals surface area contributed by atoms with Gasteiger partial charge in [-0.15, -0.1) is 11.6 Å². The van der Waals surface area contributed by atoms with Crippen LogP contribution in [0.15, 0.2) is 30.3 Å². The number of rotatable bonds is 3. The molecule has 0 amide bonds. The summed E-state index contributed by atoms with van der Waals surface area (Å²) in [5, 5.41) is -0.540. The van der Waals surface area contributed by atoms with E-state index in [1.54, 1.807) is 12.1 Å². The molecule has 0 fully saturated rings. The highest BCUT2D eigenvalue weighted by atomic mass is 35.5. The molecule has 0 aliphatic rings. The molecule has 2 rings (SSSR count). The third-order valence-corrected chi connectivity index (χ3v) is 3.57. The Morgan fingerprint density at radius 1 is 1.00 bits per heavy atom. The fourth-order valence-electron chi connectivity index (χ4n) is 1.75. The van der Waals surface area contributed by atoms with Gasteiger partial charge in [0.05, 0.1) is 17.5 Å². The molecule has 2 aromatic carbocycles. The van der Waals surface area contributed by atoms with Gasteiger partial charge in [0, 0.05) is 0 Å². The number of hydrogen-bond donors (Lipinski definition) is 0. The van der Waals surface area contributed by atoms with Gasteiger partial charge in [-0.3, -0.25) is 0 Å². The standard InChI is InChI=1S/C14H9Cl2F3O/c1-20-12-3-2-7(4-9(12)15)13(16)8-5-10(17)14(19)11(18)6-8/h2-6,13H,1H3. The SMILES string of the molecule is COc1ccc(C(Cl)c2cc(F)c(F)c(F)c2)cc1Cl. The average Bonchev–Trinajstić information content (AvgIpc) is 2.43. The molecule has 1 nitrogen and oxygen atoms in total. The molecule has 20 heavy (non-hydrogen) atoms. The number of methoxy groups -OCH3 is 1. The summed E-state index contributed by atoms with van der Waals surface area (Å²) in [7, 11) is 1.46. The predicted octanol–water partition coefficient (Wildman–Crippen LogP) is 5.09. The van der Waals surface area contributed by atoms with Crippen LogP contribution >= 0.6 is 23.2 Å². The molecule has 0 heterocycles. The van der Waals surface area contributed by atoms with Gasteiger partial charge in [-0.05, 0) is 35.4 Å². The first kappa shape index (κ1) is 15.0. The van der Waals surface area contributed by atoms with E-state index in [0.717, 1.165) is 12.1 Å². The topological polar surface area (TPSA) is 9.23 Å². The van der Waals surface area contributed by atoms with Crippen LogP contribution in [-0.4, -0.2) is 7.11 Å². The van der Waals surface area contributed by atoms with E-state index in [1.165, 1.54) is 13.2 Å². The lowest BCUT2D eigenvalue weighted by molar-refractivity contribution is 0.415. The molecule has 0 aliphatic carbocycles. The van der Waals surface area contributed by atoms with Crippen LogP contribution in [0.25, 0.3) is 0 Å². The monoisotopic (exact) mass is 320 g/mol. The lowest BCUT2D eigenvalue weighted by atomic mass is 10.0. The average molecular weight is 321 g/mol. The summed E-state index contributed by atoms with van der Waals surface area (Å²) in [4.78, 5) is 0. The third-order valence-electron chi connectivity index (χ3n) is 2.77. The number of benzene rings is 2. The van der Waals surface area contributed by atoms with Gasteiger partial charge in [0.1, 0.15) is 5.75 Å². The van der Waals surface area contributed by atoms with Crippen LogP contribution in [0.3, 0.4) is 0 Å². The summed E-state index contributed by atoms with van der Waals surface area (Å²) in [5.41, 5.74) is 0.618. The summed E-state index contributed by atoms with van der Waals surface area (Å²) >= 11 is 12.1. The molecule has 0 aromatic heterocycles. The zero-order chi connectivity index (χ0) is 14.9. The zero-order valence-corrected chi connectivity index (χ0v) is 11.8. The van der Waals surface area contributed by atoms with Crippen LogP contribution in [-0.2, 0) is 0 Å². The van der Waals surface area contributed by atoms with E-state index in [-0.39, 0.29) is 5.56 Å². The summed E-state index contributed by atoms with van der Waals surface area (Å²) in [6.45, 7) is 0. The van der Waals surface area contributed by atoms with E-state index in [9.17, 15) is 13.2 Å². The third kappa shape index (κ3) is 2.86. The number of hydrogen-bond acceptors (Lipinski definition) is 1. The lowest BCUT2D eigenvalue weighted by Gasteiger charge is -2.13. The Morgan fingerprint density at radius 3 is 2.10 bits per heavy atom. The smallest absolute Gasteiger partial charge is 0.194 e. The summed E-state index contributed by atoms with van der Waals surface area (Å²) in [6.07, 6.45) is 0. The Kier molecular flexibility index (Phi) is 4.45. The maximum absolute atomic E-state index is 13.2. The fourth-order valence-corrected chi connectivity index (χ4v) is 2.28. The van der Waals surface area contributed by atoms with Crippen molar-refractivity contribution < 1.29 is 17.9 Å². The van der Waals surface area contributed by atoms with Crippen molar-refractivity contribution in [2.75, 3.05) is 7.11 Å². The lowest BCUT2D eigenvalue weighted by Crippen LogP contribution is -1.99. The van der Waals surface area contributed by atoms with Crippen molar-refractivity contribution in [1.29, 1.82) is 0 Å². The number of ether oxygens (including phenoxy) is 1. The van der Waals surface area contributed by atoms with Crippen molar-refractivity contribution in [3.8, 4) is 5.75 Å². The number of halogens is 5. The fraction of sp³-hybridized carbons (Fsp3) is 0.143. The van der Waals surface area contributed by atoms with Gasteiger partial charge >= 0.3 is 0 Å². The predicted molar refractivity (Wildman–Crippen MR) is 72.0 cm³/mol. The number of alkyl halides is 1. The summed E-state index contributed by atoms with van der Waals surface area (Å²) in [6, 6.07) is 6.44. The first-order chi connectivity index (χ1) is 9.43. The van der Waals surface area contributed by atoms with Gasteiger partial charge in [0.25, 0.3) is 0 Å². The van der Waals surface area contributed by atoms with Crippen LogP contribution < -0.4 is 4.74 Å². The second kappa shape index (κ2) is 5.94. The van der Waals surface area contributed by atoms with Crippen molar-refractivity contribution in [3.05, 3.63) is 63.9 Å². The molecule has 1 unspecified atom stereocenters. The highest BCUT2D eigenvalue weighted by Crippen LogP contribution is 2.34. The van der Waals surface area contributed by atoms with E-state index in [0.29, 0.717) is 16.3 Å². The van der Waals surface area contributed by atoms with E-state index in [4.69, 9.17) is 27.9 Å². The minimum absolute atomic E-state index is 0.101. The Morgan fingerprint density at radius 2 is 1.60 bits per heavy atom. The highest BCUT2D eigenvalue weighted by Gasteiger charge is 2.18. The molecule has 0 spiro atoms. The van der Waals surface area contributed by atoms with E-state index < -0.39 is 22.8 Å². The van der Waals surface area contributed by atoms with E-state index >= 15 is 0 Å². The van der Waals surface area contributed by atoms with Crippen LogP contribution in [0.2, 0.25) is 5.02 Å². The van der Waals surface area contributed by atoms with Gasteiger partial charge in [0.2, 0.25) is 0 Å². The minimum Gasteiger partial charge on any atom is -0.495 e. The molecular weight excluding hydrogens is 312 g/mol. The minimum atomic E-state index is -1.52. The van der Waals surface area contributed by atoms with Crippen molar-refractivity contribution in [3.63, 3.8) is 0 Å². The second-order valence-corrected chi connectivity index (χ2v) is 4.90. The van der Waals surface area contributed by atoms with Gasteiger partial charge in [-0.1, -0.05) is 17.7 Å². The molecule has 0 saturated heterocycles. The molecule has 0 N–H and O–H groups in total. The quantitative estimate of drug-likeness (QED) is 0.565. The van der Waals surface area contributed by atoms with Gasteiger partial charge in [-0.25, -0.2) is 13.2 Å².